The minimum Gasteiger partial charge on any atom is -0.493 e. The van der Waals surface area contributed by atoms with E-state index in [4.69, 9.17) is 4.74 Å². The summed E-state index contributed by atoms with van der Waals surface area (Å²) in [6.07, 6.45) is 3.41. The minimum absolute atomic E-state index is 0.153. The van der Waals surface area contributed by atoms with Crippen LogP contribution in [-0.2, 0) is 4.79 Å². The van der Waals surface area contributed by atoms with E-state index in [1.165, 1.54) is 25.3 Å². The molecule has 0 spiro atoms. The lowest BCUT2D eigenvalue weighted by molar-refractivity contribution is -0.104. The van der Waals surface area contributed by atoms with Crippen LogP contribution in [0.4, 0.5) is 4.39 Å². The summed E-state index contributed by atoms with van der Waals surface area (Å²) in [6, 6.07) is 4.53. The first kappa shape index (κ1) is 9.45. The summed E-state index contributed by atoms with van der Waals surface area (Å²) in [5.41, 5.74) is 0.551. The summed E-state index contributed by atoms with van der Waals surface area (Å²) in [5, 5.41) is 0. The summed E-state index contributed by atoms with van der Waals surface area (Å²) in [5.74, 6) is -0.281. The van der Waals surface area contributed by atoms with Crippen molar-refractivity contribution in [3.8, 4) is 5.75 Å². The zero-order chi connectivity index (χ0) is 9.68. The third kappa shape index (κ3) is 2.15. The van der Waals surface area contributed by atoms with E-state index in [1.54, 1.807) is 12.1 Å². The first-order chi connectivity index (χ1) is 6.29. The van der Waals surface area contributed by atoms with E-state index >= 15 is 0 Å². The number of methoxy groups -OCH3 is 1. The topological polar surface area (TPSA) is 26.3 Å². The van der Waals surface area contributed by atoms with E-state index < -0.39 is 5.82 Å². The highest BCUT2D eigenvalue weighted by molar-refractivity contribution is 5.75. The number of benzene rings is 1. The fraction of sp³-hybridized carbons (Fsp3) is 0.100. The standard InChI is InChI=1S/C10H9FO2/c1-13-10-8(5-3-7-12)4-2-6-9(10)11/h2-7H,1H3. The molecule has 0 aliphatic rings. The zero-order valence-corrected chi connectivity index (χ0v) is 7.16. The Hall–Kier alpha value is -1.64. The highest BCUT2D eigenvalue weighted by atomic mass is 19.1. The quantitative estimate of drug-likeness (QED) is 0.525. The molecule has 0 unspecified atom stereocenters. The van der Waals surface area contributed by atoms with Gasteiger partial charge in [-0.1, -0.05) is 12.1 Å². The van der Waals surface area contributed by atoms with Crippen LogP contribution in [0.5, 0.6) is 5.75 Å². The van der Waals surface area contributed by atoms with Crippen LogP contribution in [0, 0.1) is 5.82 Å². The van der Waals surface area contributed by atoms with Gasteiger partial charge in [-0.25, -0.2) is 4.39 Å². The second-order valence-electron chi connectivity index (χ2n) is 2.36. The van der Waals surface area contributed by atoms with Gasteiger partial charge in [0.1, 0.15) is 6.29 Å². The fourth-order valence-corrected chi connectivity index (χ4v) is 1.02. The van der Waals surface area contributed by atoms with Crippen molar-refractivity contribution >= 4 is 12.4 Å². The molecule has 0 fully saturated rings. The number of hydrogen-bond acceptors (Lipinski definition) is 2. The molecule has 0 saturated heterocycles. The van der Waals surface area contributed by atoms with Gasteiger partial charge in [0.05, 0.1) is 7.11 Å². The van der Waals surface area contributed by atoms with Crippen molar-refractivity contribution in [3.05, 3.63) is 35.7 Å². The first-order valence-corrected chi connectivity index (χ1v) is 3.74. The highest BCUT2D eigenvalue weighted by Gasteiger charge is 2.04. The molecule has 0 atom stereocenters. The van der Waals surface area contributed by atoms with Crippen LogP contribution in [0.3, 0.4) is 0 Å². The maximum Gasteiger partial charge on any atom is 0.165 e. The Morgan fingerprint density at radius 2 is 2.23 bits per heavy atom. The Bertz CT molecular complexity index is 332. The Morgan fingerprint density at radius 1 is 1.46 bits per heavy atom. The van der Waals surface area contributed by atoms with Gasteiger partial charge in [0, 0.05) is 5.56 Å². The van der Waals surface area contributed by atoms with E-state index in [1.807, 2.05) is 0 Å². The Labute approximate surface area is 75.6 Å². The fourth-order valence-electron chi connectivity index (χ4n) is 1.02. The lowest BCUT2D eigenvalue weighted by Gasteiger charge is -2.04. The Kier molecular flexibility index (Phi) is 3.20. The molecule has 2 nitrogen and oxygen atoms in total. The lowest BCUT2D eigenvalue weighted by Crippen LogP contribution is -1.90. The monoisotopic (exact) mass is 180 g/mol. The van der Waals surface area contributed by atoms with E-state index in [0.717, 1.165) is 0 Å². The van der Waals surface area contributed by atoms with Gasteiger partial charge in [-0.15, -0.1) is 0 Å². The molecule has 0 saturated carbocycles. The van der Waals surface area contributed by atoms with Gasteiger partial charge >= 0.3 is 0 Å². The Morgan fingerprint density at radius 3 is 2.85 bits per heavy atom. The predicted molar refractivity (Wildman–Crippen MR) is 48.1 cm³/mol. The van der Waals surface area contributed by atoms with Crippen LogP contribution < -0.4 is 4.74 Å². The van der Waals surface area contributed by atoms with Crippen molar-refractivity contribution in [3.63, 3.8) is 0 Å². The van der Waals surface area contributed by atoms with Crippen molar-refractivity contribution in [2.45, 2.75) is 0 Å². The van der Waals surface area contributed by atoms with Gasteiger partial charge in [0.25, 0.3) is 0 Å². The zero-order valence-electron chi connectivity index (χ0n) is 7.16. The van der Waals surface area contributed by atoms with Crippen LogP contribution in [0.1, 0.15) is 5.56 Å². The van der Waals surface area contributed by atoms with Crippen LogP contribution in [-0.4, -0.2) is 13.4 Å². The molecule has 0 bridgehead atoms. The summed E-state index contributed by atoms with van der Waals surface area (Å²) in [4.78, 5) is 10.0. The van der Waals surface area contributed by atoms with E-state index in [0.29, 0.717) is 11.8 Å². The molecule has 0 aromatic heterocycles. The maximum atomic E-state index is 13.0. The summed E-state index contributed by atoms with van der Waals surface area (Å²) >= 11 is 0. The molecular weight excluding hydrogens is 171 g/mol. The number of hydrogen-bond donors (Lipinski definition) is 0. The predicted octanol–water partition coefficient (Wildman–Crippen LogP) is 2.05. The molecule has 1 aromatic carbocycles. The third-order valence-electron chi connectivity index (χ3n) is 1.56. The first-order valence-electron chi connectivity index (χ1n) is 3.74. The molecule has 0 N–H and O–H groups in total. The van der Waals surface area contributed by atoms with Gasteiger partial charge in [-0.2, -0.15) is 0 Å². The van der Waals surface area contributed by atoms with Crippen molar-refractivity contribution < 1.29 is 13.9 Å². The smallest absolute Gasteiger partial charge is 0.165 e. The number of rotatable bonds is 3. The molecule has 0 heterocycles. The van der Waals surface area contributed by atoms with Crippen molar-refractivity contribution in [2.75, 3.05) is 7.11 Å². The van der Waals surface area contributed by atoms with E-state index in [9.17, 15) is 9.18 Å². The maximum absolute atomic E-state index is 13.0. The molecule has 0 radical (unpaired) electrons. The Balaban J connectivity index is 3.12. The number of allylic oxidation sites excluding steroid dienone is 1. The van der Waals surface area contributed by atoms with E-state index in [-0.39, 0.29) is 5.75 Å². The molecule has 0 aliphatic heterocycles. The summed E-state index contributed by atoms with van der Waals surface area (Å²) in [7, 11) is 1.39. The van der Waals surface area contributed by atoms with Crippen LogP contribution >= 0.6 is 0 Å². The number of ether oxygens (including phenoxy) is 1. The number of para-hydroxylation sites is 1. The number of carbonyl (C=O) groups is 1. The number of carbonyl (C=O) groups excluding carboxylic acids is 1. The third-order valence-corrected chi connectivity index (χ3v) is 1.56. The number of halogens is 1. The van der Waals surface area contributed by atoms with Crippen molar-refractivity contribution in [1.29, 1.82) is 0 Å². The average Bonchev–Trinajstić information content (AvgIpc) is 2.15. The second-order valence-corrected chi connectivity index (χ2v) is 2.36. The molecule has 3 heteroatoms. The van der Waals surface area contributed by atoms with E-state index in [2.05, 4.69) is 0 Å². The minimum atomic E-state index is -0.435. The highest BCUT2D eigenvalue weighted by Crippen LogP contribution is 2.22. The summed E-state index contributed by atoms with van der Waals surface area (Å²) in [6.45, 7) is 0. The largest absolute Gasteiger partial charge is 0.493 e. The molecule has 1 aromatic rings. The molecular formula is C10H9FO2. The number of aldehydes is 1. The average molecular weight is 180 g/mol. The molecule has 0 amide bonds. The van der Waals surface area contributed by atoms with Gasteiger partial charge < -0.3 is 4.74 Å². The second kappa shape index (κ2) is 4.40. The SMILES string of the molecule is COc1c(F)cccc1C=CC=O. The van der Waals surface area contributed by atoms with Gasteiger partial charge in [-0.05, 0) is 18.2 Å². The molecule has 0 aliphatic carbocycles. The molecule has 13 heavy (non-hydrogen) atoms. The summed E-state index contributed by atoms with van der Waals surface area (Å²) < 4.78 is 17.9. The van der Waals surface area contributed by atoms with Crippen molar-refractivity contribution in [2.24, 2.45) is 0 Å². The normalized spacial score (nSPS) is 10.3. The molecule has 68 valence electrons. The van der Waals surface area contributed by atoms with Crippen LogP contribution in [0.25, 0.3) is 6.08 Å². The molecule has 1 rings (SSSR count). The van der Waals surface area contributed by atoms with Gasteiger partial charge in [0.2, 0.25) is 0 Å². The van der Waals surface area contributed by atoms with Gasteiger partial charge in [0.15, 0.2) is 11.6 Å². The van der Waals surface area contributed by atoms with Crippen LogP contribution in [0.2, 0.25) is 0 Å². The lowest BCUT2D eigenvalue weighted by atomic mass is 10.2. The van der Waals surface area contributed by atoms with Crippen molar-refractivity contribution in [1.82, 2.24) is 0 Å². The van der Waals surface area contributed by atoms with Crippen LogP contribution in [0.15, 0.2) is 24.3 Å². The van der Waals surface area contributed by atoms with Gasteiger partial charge in [-0.3, -0.25) is 4.79 Å².